The number of hydrogen-bond acceptors (Lipinski definition) is 4. The van der Waals surface area contributed by atoms with Crippen LogP contribution in [0.15, 0.2) is 0 Å². The average molecular weight is 216 g/mol. The Labute approximate surface area is 90.0 Å². The van der Waals surface area contributed by atoms with Crippen LogP contribution in [-0.4, -0.2) is 42.9 Å². The van der Waals surface area contributed by atoms with Gasteiger partial charge in [-0.15, -0.1) is 0 Å². The average Bonchev–Trinajstić information content (AvgIpc) is 2.97. The van der Waals surface area contributed by atoms with Gasteiger partial charge in [0.2, 0.25) is 5.91 Å². The van der Waals surface area contributed by atoms with Crippen LogP contribution >= 0.6 is 0 Å². The summed E-state index contributed by atoms with van der Waals surface area (Å²) in [7, 11) is 0. The fourth-order valence-electron chi connectivity index (χ4n) is 1.13. The van der Waals surface area contributed by atoms with E-state index < -0.39 is 18.1 Å². The standard InChI is InChI=1S/C10H20N2O3/c1-7(10(11)14)12-4-9(13)6-15-5-8-2-3-8/h7-9,12-13H,2-6H2,1H3,(H2,11,14). The summed E-state index contributed by atoms with van der Waals surface area (Å²) >= 11 is 0. The highest BCUT2D eigenvalue weighted by Crippen LogP contribution is 2.28. The molecule has 2 unspecified atom stereocenters. The van der Waals surface area contributed by atoms with Gasteiger partial charge in [0.15, 0.2) is 0 Å². The fraction of sp³-hybridized carbons (Fsp3) is 0.900. The summed E-state index contributed by atoms with van der Waals surface area (Å²) in [4.78, 5) is 10.7. The summed E-state index contributed by atoms with van der Waals surface area (Å²) in [6, 6.07) is -0.414. The first-order valence-electron chi connectivity index (χ1n) is 5.38. The number of rotatable bonds is 8. The van der Waals surface area contributed by atoms with Gasteiger partial charge in [0.25, 0.3) is 0 Å². The maximum atomic E-state index is 10.7. The third kappa shape index (κ3) is 5.71. The van der Waals surface area contributed by atoms with E-state index in [1.54, 1.807) is 6.92 Å². The summed E-state index contributed by atoms with van der Waals surface area (Å²) < 4.78 is 5.31. The monoisotopic (exact) mass is 216 g/mol. The molecule has 0 aromatic rings. The molecule has 1 amide bonds. The molecule has 0 aliphatic heterocycles. The lowest BCUT2D eigenvalue weighted by Gasteiger charge is -2.14. The molecule has 0 aromatic heterocycles. The van der Waals surface area contributed by atoms with Crippen LogP contribution in [0, 0.1) is 5.92 Å². The molecule has 4 N–H and O–H groups in total. The molecule has 15 heavy (non-hydrogen) atoms. The second-order valence-electron chi connectivity index (χ2n) is 4.17. The molecule has 1 fully saturated rings. The van der Waals surface area contributed by atoms with E-state index in [1.165, 1.54) is 12.8 Å². The van der Waals surface area contributed by atoms with E-state index in [1.807, 2.05) is 0 Å². The number of amides is 1. The SMILES string of the molecule is CC(NCC(O)COCC1CC1)C(N)=O. The van der Waals surface area contributed by atoms with Crippen LogP contribution in [0.1, 0.15) is 19.8 Å². The minimum Gasteiger partial charge on any atom is -0.389 e. The zero-order valence-electron chi connectivity index (χ0n) is 9.11. The summed E-state index contributed by atoms with van der Waals surface area (Å²) in [5.74, 6) is 0.288. The van der Waals surface area contributed by atoms with Gasteiger partial charge < -0.3 is 20.9 Å². The molecule has 1 rings (SSSR count). The van der Waals surface area contributed by atoms with Crippen molar-refractivity contribution in [1.29, 1.82) is 0 Å². The van der Waals surface area contributed by atoms with Gasteiger partial charge in [-0.05, 0) is 25.7 Å². The van der Waals surface area contributed by atoms with Gasteiger partial charge in [0.1, 0.15) is 0 Å². The third-order valence-electron chi connectivity index (χ3n) is 2.45. The van der Waals surface area contributed by atoms with Crippen molar-refractivity contribution in [1.82, 2.24) is 5.32 Å². The minimum absolute atomic E-state index is 0.314. The van der Waals surface area contributed by atoms with Crippen LogP contribution in [0.4, 0.5) is 0 Å². The molecule has 88 valence electrons. The molecule has 0 aromatic carbocycles. The normalized spacial score (nSPS) is 19.9. The van der Waals surface area contributed by atoms with Crippen molar-refractivity contribution < 1.29 is 14.6 Å². The number of hydrogen-bond donors (Lipinski definition) is 3. The lowest BCUT2D eigenvalue weighted by molar-refractivity contribution is -0.119. The maximum Gasteiger partial charge on any atom is 0.234 e. The van der Waals surface area contributed by atoms with Crippen molar-refractivity contribution in [3.05, 3.63) is 0 Å². The molecule has 1 aliphatic carbocycles. The minimum atomic E-state index is -0.578. The van der Waals surface area contributed by atoms with Crippen molar-refractivity contribution in [2.45, 2.75) is 31.9 Å². The van der Waals surface area contributed by atoms with Gasteiger partial charge in [0.05, 0.1) is 18.8 Å². The number of aliphatic hydroxyl groups excluding tert-OH is 1. The molecule has 0 spiro atoms. The largest absolute Gasteiger partial charge is 0.389 e. The van der Waals surface area contributed by atoms with E-state index in [0.29, 0.717) is 19.1 Å². The van der Waals surface area contributed by atoms with Gasteiger partial charge in [0, 0.05) is 13.2 Å². The highest BCUT2D eigenvalue weighted by molar-refractivity contribution is 5.79. The highest BCUT2D eigenvalue weighted by atomic mass is 16.5. The Morgan fingerprint density at radius 3 is 2.87 bits per heavy atom. The van der Waals surface area contributed by atoms with E-state index >= 15 is 0 Å². The van der Waals surface area contributed by atoms with Gasteiger partial charge in [-0.3, -0.25) is 4.79 Å². The number of primary amides is 1. The lowest BCUT2D eigenvalue weighted by atomic mass is 10.3. The smallest absolute Gasteiger partial charge is 0.234 e. The molecular formula is C10H20N2O3. The Kier molecular flexibility index (Phi) is 5.01. The van der Waals surface area contributed by atoms with Crippen LogP contribution in [0.25, 0.3) is 0 Å². The van der Waals surface area contributed by atoms with Gasteiger partial charge in [-0.2, -0.15) is 0 Å². The molecule has 2 atom stereocenters. The van der Waals surface area contributed by atoms with Gasteiger partial charge >= 0.3 is 0 Å². The van der Waals surface area contributed by atoms with E-state index in [-0.39, 0.29) is 0 Å². The van der Waals surface area contributed by atoms with E-state index in [9.17, 15) is 9.90 Å². The number of nitrogens with two attached hydrogens (primary N) is 1. The van der Waals surface area contributed by atoms with Crippen molar-refractivity contribution in [3.63, 3.8) is 0 Å². The predicted octanol–water partition coefficient (Wildman–Crippen LogP) is -0.763. The molecule has 0 saturated heterocycles. The van der Waals surface area contributed by atoms with Crippen LogP contribution in [0.2, 0.25) is 0 Å². The zero-order valence-corrected chi connectivity index (χ0v) is 9.11. The molecule has 0 radical (unpaired) electrons. The summed E-state index contributed by atoms with van der Waals surface area (Å²) in [6.07, 6.45) is 1.91. The van der Waals surface area contributed by atoms with Crippen LogP contribution in [0.3, 0.4) is 0 Å². The van der Waals surface area contributed by atoms with Crippen molar-refractivity contribution >= 4 is 5.91 Å². The third-order valence-corrected chi connectivity index (χ3v) is 2.45. The fourth-order valence-corrected chi connectivity index (χ4v) is 1.13. The number of ether oxygens (including phenoxy) is 1. The van der Waals surface area contributed by atoms with Gasteiger partial charge in [-0.25, -0.2) is 0 Å². The van der Waals surface area contributed by atoms with E-state index in [2.05, 4.69) is 5.32 Å². The first-order valence-corrected chi connectivity index (χ1v) is 5.38. The molecular weight excluding hydrogens is 196 g/mol. The quantitative estimate of drug-likeness (QED) is 0.498. The lowest BCUT2D eigenvalue weighted by Crippen LogP contribution is -2.43. The first-order chi connectivity index (χ1) is 7.09. The molecule has 5 nitrogen and oxygen atoms in total. The number of aliphatic hydroxyl groups is 1. The topological polar surface area (TPSA) is 84.6 Å². The number of carbonyl (C=O) groups is 1. The van der Waals surface area contributed by atoms with Crippen LogP contribution in [0.5, 0.6) is 0 Å². The Balaban J connectivity index is 1.96. The second-order valence-corrected chi connectivity index (χ2v) is 4.17. The van der Waals surface area contributed by atoms with E-state index in [4.69, 9.17) is 10.5 Å². The first kappa shape index (κ1) is 12.4. The maximum absolute atomic E-state index is 10.7. The summed E-state index contributed by atoms with van der Waals surface area (Å²) in [5.41, 5.74) is 5.06. The van der Waals surface area contributed by atoms with E-state index in [0.717, 1.165) is 6.61 Å². The van der Waals surface area contributed by atoms with Crippen molar-refractivity contribution in [3.8, 4) is 0 Å². The Bertz CT molecular complexity index is 207. The summed E-state index contributed by atoms with van der Waals surface area (Å²) in [5, 5.41) is 12.3. The molecule has 5 heteroatoms. The Morgan fingerprint density at radius 2 is 2.33 bits per heavy atom. The molecule has 0 heterocycles. The van der Waals surface area contributed by atoms with Crippen molar-refractivity contribution in [2.75, 3.05) is 19.8 Å². The Morgan fingerprint density at radius 1 is 1.67 bits per heavy atom. The predicted molar refractivity (Wildman–Crippen MR) is 56.2 cm³/mol. The number of nitrogens with one attached hydrogen (secondary N) is 1. The Hall–Kier alpha value is -0.650. The second kappa shape index (κ2) is 6.05. The van der Waals surface area contributed by atoms with Crippen molar-refractivity contribution in [2.24, 2.45) is 11.7 Å². The molecule has 1 aliphatic rings. The van der Waals surface area contributed by atoms with Crippen LogP contribution in [-0.2, 0) is 9.53 Å². The highest BCUT2D eigenvalue weighted by Gasteiger charge is 2.21. The zero-order chi connectivity index (χ0) is 11.3. The molecule has 0 bridgehead atoms. The summed E-state index contributed by atoms with van der Waals surface area (Å²) in [6.45, 7) is 3.05. The van der Waals surface area contributed by atoms with Gasteiger partial charge in [-0.1, -0.05) is 0 Å². The van der Waals surface area contributed by atoms with Crippen LogP contribution < -0.4 is 11.1 Å². The molecule has 1 saturated carbocycles. The number of carbonyl (C=O) groups excluding carboxylic acids is 1.